The van der Waals surface area contributed by atoms with E-state index < -0.39 is 17.5 Å². The first-order valence-electron chi connectivity index (χ1n) is 10.1. The maximum atomic E-state index is 13.8. The average Bonchev–Trinajstić information content (AvgIpc) is 3.32. The van der Waals surface area contributed by atoms with E-state index in [0.717, 1.165) is 24.1 Å². The first-order chi connectivity index (χ1) is 14.8. The standard InChI is InChI=1S/C21H20F3N5O2/c1-11-19-13(20(27(2)26-19)12-8-14(22)18(24)15(23)9-12)4-6-28(11)21(30)16-10-17-29(25-16)5-3-7-31-17/h8-11H,3-7H2,1-2H3/t11-/m0/s1. The monoisotopic (exact) mass is 431 g/mol. The zero-order chi connectivity index (χ0) is 21.9. The van der Waals surface area contributed by atoms with E-state index in [0.29, 0.717) is 49.1 Å². The number of benzene rings is 1. The van der Waals surface area contributed by atoms with Crippen LogP contribution < -0.4 is 4.74 Å². The molecule has 0 spiro atoms. The van der Waals surface area contributed by atoms with Crippen molar-refractivity contribution >= 4 is 5.91 Å². The molecule has 0 aliphatic carbocycles. The third kappa shape index (κ3) is 3.08. The molecular formula is C21H20F3N5O2. The number of halogens is 3. The molecular weight excluding hydrogens is 411 g/mol. The van der Waals surface area contributed by atoms with Crippen LogP contribution in [0.1, 0.15) is 41.1 Å². The third-order valence-corrected chi connectivity index (χ3v) is 5.89. The summed E-state index contributed by atoms with van der Waals surface area (Å²) in [6, 6.07) is 3.21. The van der Waals surface area contributed by atoms with Crippen molar-refractivity contribution in [1.29, 1.82) is 0 Å². The van der Waals surface area contributed by atoms with Gasteiger partial charge in [0.25, 0.3) is 5.91 Å². The van der Waals surface area contributed by atoms with Gasteiger partial charge < -0.3 is 9.64 Å². The Bertz CT molecular complexity index is 1160. The number of ether oxygens (including phenoxy) is 1. The van der Waals surface area contributed by atoms with Crippen molar-refractivity contribution in [2.75, 3.05) is 13.2 Å². The number of carbonyl (C=O) groups excluding carboxylic acids is 1. The quantitative estimate of drug-likeness (QED) is 0.585. The second kappa shape index (κ2) is 7.14. The van der Waals surface area contributed by atoms with Gasteiger partial charge in [-0.15, -0.1) is 0 Å². The molecule has 0 N–H and O–H groups in total. The SMILES string of the molecule is C[C@H]1c2nn(C)c(-c3cc(F)c(F)c(F)c3)c2CCN1C(=O)c1cc2n(n1)CCCO2. The Hall–Kier alpha value is -3.30. The van der Waals surface area contributed by atoms with Gasteiger partial charge in [-0.3, -0.25) is 9.48 Å². The molecule has 2 aromatic heterocycles. The Morgan fingerprint density at radius 1 is 1.13 bits per heavy atom. The van der Waals surface area contributed by atoms with Gasteiger partial charge in [-0.05, 0) is 25.5 Å². The van der Waals surface area contributed by atoms with Crippen LogP contribution in [0.2, 0.25) is 0 Å². The molecule has 1 amide bonds. The van der Waals surface area contributed by atoms with Crippen LogP contribution >= 0.6 is 0 Å². The summed E-state index contributed by atoms with van der Waals surface area (Å²) < 4.78 is 49.8. The van der Waals surface area contributed by atoms with Gasteiger partial charge in [-0.2, -0.15) is 10.2 Å². The molecule has 0 saturated carbocycles. The largest absolute Gasteiger partial charge is 0.478 e. The number of aromatic nitrogens is 4. The summed E-state index contributed by atoms with van der Waals surface area (Å²) in [6.07, 6.45) is 1.28. The minimum absolute atomic E-state index is 0.207. The van der Waals surface area contributed by atoms with E-state index in [1.165, 1.54) is 4.68 Å². The fraction of sp³-hybridized carbons (Fsp3) is 0.381. The second-order valence-corrected chi connectivity index (χ2v) is 7.81. The molecule has 0 unspecified atom stereocenters. The van der Waals surface area contributed by atoms with Crippen molar-refractivity contribution in [2.24, 2.45) is 7.05 Å². The smallest absolute Gasteiger partial charge is 0.275 e. The van der Waals surface area contributed by atoms with Crippen LogP contribution in [0.3, 0.4) is 0 Å². The molecule has 5 rings (SSSR count). The lowest BCUT2D eigenvalue weighted by Gasteiger charge is -2.32. The van der Waals surface area contributed by atoms with Crippen molar-refractivity contribution in [3.8, 4) is 17.1 Å². The number of aryl methyl sites for hydroxylation is 2. The molecule has 0 radical (unpaired) electrons. The van der Waals surface area contributed by atoms with Gasteiger partial charge in [0.15, 0.2) is 23.1 Å². The van der Waals surface area contributed by atoms with E-state index in [-0.39, 0.29) is 17.5 Å². The van der Waals surface area contributed by atoms with Crippen LogP contribution in [0.15, 0.2) is 18.2 Å². The molecule has 162 valence electrons. The van der Waals surface area contributed by atoms with Crippen LogP contribution in [0.5, 0.6) is 5.88 Å². The van der Waals surface area contributed by atoms with Gasteiger partial charge in [-0.1, -0.05) is 0 Å². The Morgan fingerprint density at radius 3 is 2.58 bits per heavy atom. The third-order valence-electron chi connectivity index (χ3n) is 5.89. The molecule has 31 heavy (non-hydrogen) atoms. The number of hydrogen-bond donors (Lipinski definition) is 0. The van der Waals surface area contributed by atoms with Crippen LogP contribution in [-0.2, 0) is 20.0 Å². The molecule has 0 bridgehead atoms. The Balaban J connectivity index is 1.48. The van der Waals surface area contributed by atoms with Gasteiger partial charge in [-0.25, -0.2) is 17.9 Å². The zero-order valence-corrected chi connectivity index (χ0v) is 17.0. The minimum atomic E-state index is -1.50. The van der Waals surface area contributed by atoms with Gasteiger partial charge in [0.05, 0.1) is 24.0 Å². The molecule has 7 nitrogen and oxygen atoms in total. The molecule has 2 aliphatic heterocycles. The fourth-order valence-electron chi connectivity index (χ4n) is 4.39. The van der Waals surface area contributed by atoms with Crippen molar-refractivity contribution in [3.63, 3.8) is 0 Å². The fourth-order valence-corrected chi connectivity index (χ4v) is 4.39. The minimum Gasteiger partial charge on any atom is -0.478 e. The summed E-state index contributed by atoms with van der Waals surface area (Å²) in [4.78, 5) is 14.8. The maximum absolute atomic E-state index is 13.8. The summed E-state index contributed by atoms with van der Waals surface area (Å²) in [6.45, 7) is 3.55. The number of fused-ring (bicyclic) bond motifs is 2. The van der Waals surface area contributed by atoms with E-state index in [2.05, 4.69) is 10.2 Å². The highest BCUT2D eigenvalue weighted by atomic mass is 19.2. The number of hydrogen-bond acceptors (Lipinski definition) is 4. The summed E-state index contributed by atoms with van der Waals surface area (Å²) >= 11 is 0. The van der Waals surface area contributed by atoms with Crippen molar-refractivity contribution < 1.29 is 22.7 Å². The van der Waals surface area contributed by atoms with Crippen LogP contribution in [0.25, 0.3) is 11.3 Å². The zero-order valence-electron chi connectivity index (χ0n) is 17.0. The van der Waals surface area contributed by atoms with E-state index in [1.807, 2.05) is 6.92 Å². The average molecular weight is 431 g/mol. The lowest BCUT2D eigenvalue weighted by molar-refractivity contribution is 0.0666. The molecule has 3 aromatic rings. The van der Waals surface area contributed by atoms with E-state index in [9.17, 15) is 18.0 Å². The van der Waals surface area contributed by atoms with Crippen LogP contribution in [0.4, 0.5) is 13.2 Å². The Morgan fingerprint density at radius 2 is 1.87 bits per heavy atom. The molecule has 2 aliphatic rings. The van der Waals surface area contributed by atoms with E-state index in [1.54, 1.807) is 22.7 Å². The number of carbonyl (C=O) groups is 1. The summed E-state index contributed by atoms with van der Waals surface area (Å²) in [5.74, 6) is -3.65. The highest BCUT2D eigenvalue weighted by Crippen LogP contribution is 2.37. The van der Waals surface area contributed by atoms with Crippen LogP contribution in [0, 0.1) is 17.5 Å². The maximum Gasteiger partial charge on any atom is 0.275 e. The molecule has 1 atom stereocenters. The normalized spacial score (nSPS) is 17.8. The van der Waals surface area contributed by atoms with Crippen molar-refractivity contribution in [1.82, 2.24) is 24.5 Å². The summed E-state index contributed by atoms with van der Waals surface area (Å²) in [5, 5.41) is 8.89. The number of rotatable bonds is 2. The van der Waals surface area contributed by atoms with Gasteiger partial charge in [0.2, 0.25) is 5.88 Å². The highest BCUT2D eigenvalue weighted by Gasteiger charge is 2.35. The summed E-state index contributed by atoms with van der Waals surface area (Å²) in [5.41, 5.74) is 2.46. The van der Waals surface area contributed by atoms with Gasteiger partial charge >= 0.3 is 0 Å². The predicted molar refractivity (Wildman–Crippen MR) is 104 cm³/mol. The van der Waals surface area contributed by atoms with E-state index in [4.69, 9.17) is 4.74 Å². The first kappa shape index (κ1) is 19.7. The van der Waals surface area contributed by atoms with Crippen molar-refractivity contribution in [2.45, 2.75) is 32.4 Å². The lowest BCUT2D eigenvalue weighted by Crippen LogP contribution is -2.39. The van der Waals surface area contributed by atoms with Crippen molar-refractivity contribution in [3.05, 3.63) is 52.6 Å². The molecule has 10 heteroatoms. The van der Waals surface area contributed by atoms with Crippen LogP contribution in [-0.4, -0.2) is 43.5 Å². The summed E-state index contributed by atoms with van der Waals surface area (Å²) in [7, 11) is 1.66. The van der Waals surface area contributed by atoms with E-state index >= 15 is 0 Å². The predicted octanol–water partition coefficient (Wildman–Crippen LogP) is 3.24. The molecule has 0 fully saturated rings. The number of nitrogens with zero attached hydrogens (tertiary/aromatic N) is 5. The highest BCUT2D eigenvalue weighted by molar-refractivity contribution is 5.93. The molecule has 1 aromatic carbocycles. The molecule has 4 heterocycles. The Kier molecular flexibility index (Phi) is 4.53. The Labute approximate surface area is 176 Å². The first-order valence-corrected chi connectivity index (χ1v) is 10.1. The second-order valence-electron chi connectivity index (χ2n) is 7.81. The number of amides is 1. The topological polar surface area (TPSA) is 65.2 Å². The lowest BCUT2D eigenvalue weighted by atomic mass is 9.95. The molecule has 0 saturated heterocycles. The van der Waals surface area contributed by atoms with Gasteiger partial charge in [0.1, 0.15) is 0 Å². The van der Waals surface area contributed by atoms with Gasteiger partial charge in [0, 0.05) is 43.8 Å².